The summed E-state index contributed by atoms with van der Waals surface area (Å²) in [7, 11) is 0. The highest BCUT2D eigenvalue weighted by Gasteiger charge is 2.31. The van der Waals surface area contributed by atoms with Crippen LogP contribution in [-0.2, 0) is 22.4 Å². The Morgan fingerprint density at radius 1 is 0.909 bits per heavy atom. The van der Waals surface area contributed by atoms with Gasteiger partial charge in [0.25, 0.3) is 5.91 Å². The maximum Gasteiger partial charge on any atom is 0.318 e. The van der Waals surface area contributed by atoms with E-state index in [-0.39, 0.29) is 30.9 Å². The van der Waals surface area contributed by atoms with Crippen molar-refractivity contribution in [1.29, 1.82) is 0 Å². The predicted molar refractivity (Wildman–Crippen MR) is 170 cm³/mol. The van der Waals surface area contributed by atoms with E-state index in [4.69, 9.17) is 4.74 Å². The van der Waals surface area contributed by atoms with E-state index in [0.717, 1.165) is 28.7 Å². The molecule has 4 atom stereocenters. The summed E-state index contributed by atoms with van der Waals surface area (Å²) in [6.45, 7) is 6.48. The van der Waals surface area contributed by atoms with Crippen LogP contribution in [0.25, 0.3) is 0 Å². The molecule has 0 saturated carbocycles. The number of aliphatic hydroxyl groups is 1. The van der Waals surface area contributed by atoms with Crippen LogP contribution in [0, 0.1) is 13.8 Å². The number of carbonyl (C=O) groups is 3. The van der Waals surface area contributed by atoms with Crippen LogP contribution in [0.2, 0.25) is 0 Å². The van der Waals surface area contributed by atoms with Crippen molar-refractivity contribution in [1.82, 2.24) is 20.9 Å². The third-order valence-corrected chi connectivity index (χ3v) is 8.02. The first-order valence-corrected chi connectivity index (χ1v) is 15.3. The molecule has 234 valence electrons. The maximum atomic E-state index is 13.4. The van der Waals surface area contributed by atoms with Gasteiger partial charge in [0.1, 0.15) is 11.8 Å². The second kappa shape index (κ2) is 15.9. The van der Waals surface area contributed by atoms with Gasteiger partial charge in [0, 0.05) is 19.1 Å². The number of nitrogens with one attached hydrogen (secondary N) is 3. The number of aliphatic hydroxyl groups excluding tert-OH is 1. The number of benzene rings is 3. The van der Waals surface area contributed by atoms with E-state index in [9.17, 15) is 19.5 Å². The van der Waals surface area contributed by atoms with Crippen molar-refractivity contribution in [2.75, 3.05) is 19.7 Å². The zero-order chi connectivity index (χ0) is 31.5. The average Bonchev–Trinajstić information content (AvgIpc) is 3.01. The summed E-state index contributed by atoms with van der Waals surface area (Å²) in [5, 5.41) is 20.5. The highest BCUT2D eigenvalue weighted by atomic mass is 16.5. The van der Waals surface area contributed by atoms with Crippen molar-refractivity contribution in [3.8, 4) is 5.75 Å². The number of ether oxygens (including phenoxy) is 1. The molecule has 9 heteroatoms. The number of amides is 4. The van der Waals surface area contributed by atoms with Gasteiger partial charge in [-0.1, -0.05) is 78.9 Å². The first-order valence-electron chi connectivity index (χ1n) is 15.3. The van der Waals surface area contributed by atoms with Gasteiger partial charge < -0.3 is 30.7 Å². The van der Waals surface area contributed by atoms with E-state index in [2.05, 4.69) is 16.0 Å². The number of carbonyl (C=O) groups excluding carboxylic acids is 3. The third-order valence-electron chi connectivity index (χ3n) is 8.02. The first-order chi connectivity index (χ1) is 21.2. The number of hydrogen-bond donors (Lipinski definition) is 4. The van der Waals surface area contributed by atoms with Crippen LogP contribution in [0.4, 0.5) is 4.79 Å². The van der Waals surface area contributed by atoms with Gasteiger partial charge in [0.2, 0.25) is 5.91 Å². The quantitative estimate of drug-likeness (QED) is 0.225. The molecule has 9 nitrogen and oxygen atoms in total. The molecule has 0 bridgehead atoms. The topological polar surface area (TPSA) is 120 Å². The fourth-order valence-electron chi connectivity index (χ4n) is 5.59. The second-order valence-electron chi connectivity index (χ2n) is 11.5. The van der Waals surface area contributed by atoms with Crippen molar-refractivity contribution in [2.45, 2.75) is 70.7 Å². The number of rotatable bonds is 14. The van der Waals surface area contributed by atoms with Crippen LogP contribution in [0.1, 0.15) is 42.0 Å². The summed E-state index contributed by atoms with van der Waals surface area (Å²) in [6.07, 6.45) is 0.845. The molecule has 1 aliphatic heterocycles. The molecule has 3 aromatic rings. The van der Waals surface area contributed by atoms with Crippen molar-refractivity contribution < 1.29 is 24.2 Å². The van der Waals surface area contributed by atoms with Crippen LogP contribution in [0.15, 0.2) is 78.9 Å². The lowest BCUT2D eigenvalue weighted by Crippen LogP contribution is -2.57. The summed E-state index contributed by atoms with van der Waals surface area (Å²) in [4.78, 5) is 40.4. The van der Waals surface area contributed by atoms with E-state index in [1.165, 1.54) is 4.90 Å². The van der Waals surface area contributed by atoms with E-state index in [0.29, 0.717) is 31.7 Å². The molecule has 0 aliphatic carbocycles. The Morgan fingerprint density at radius 3 is 2.14 bits per heavy atom. The Morgan fingerprint density at radius 2 is 1.52 bits per heavy atom. The molecule has 1 fully saturated rings. The van der Waals surface area contributed by atoms with E-state index < -0.39 is 24.2 Å². The van der Waals surface area contributed by atoms with Gasteiger partial charge in [-0.3, -0.25) is 9.59 Å². The van der Waals surface area contributed by atoms with Crippen molar-refractivity contribution in [3.63, 3.8) is 0 Å². The normalized spacial score (nSPS) is 15.8. The molecule has 1 heterocycles. The lowest BCUT2D eigenvalue weighted by Gasteiger charge is -2.34. The Bertz CT molecular complexity index is 1360. The number of para-hydroxylation sites is 1. The van der Waals surface area contributed by atoms with Crippen LogP contribution in [0.5, 0.6) is 5.75 Å². The molecule has 1 aliphatic rings. The molecule has 3 aromatic carbocycles. The fourth-order valence-corrected chi connectivity index (χ4v) is 5.59. The minimum Gasteiger partial charge on any atom is -0.483 e. The van der Waals surface area contributed by atoms with Gasteiger partial charge in [-0.2, -0.15) is 0 Å². The monoisotopic (exact) mass is 600 g/mol. The SMILES string of the molecule is Cc1cccc(C)c1OCC(=O)N[C@@H](Cc1ccccc1)[C@@H](O)C[C@H](Cc1ccccc1)NC(=O)[C@H](C)N1CCCNC1=O. The molecule has 0 aromatic heterocycles. The summed E-state index contributed by atoms with van der Waals surface area (Å²) in [5.41, 5.74) is 3.84. The van der Waals surface area contributed by atoms with E-state index >= 15 is 0 Å². The molecule has 4 N–H and O–H groups in total. The molecule has 0 spiro atoms. The van der Waals surface area contributed by atoms with Crippen molar-refractivity contribution in [2.24, 2.45) is 0 Å². The van der Waals surface area contributed by atoms with Gasteiger partial charge in [0.05, 0.1) is 12.1 Å². The summed E-state index contributed by atoms with van der Waals surface area (Å²) in [5.74, 6) is 0.0341. The fraction of sp³-hybridized carbons (Fsp3) is 0.400. The standard InChI is InChI=1S/C35H44N4O5/c1-24-12-10-13-25(2)33(24)44-23-32(41)38-30(21-28-16-8-5-9-17-28)31(40)22-29(20-27-14-6-4-7-15-27)37-34(42)26(3)39-19-11-18-36-35(39)43/h4-10,12-17,26,29-31,40H,11,18-23H2,1-3H3,(H,36,43)(H,37,42)(H,38,41)/t26-,29-,30-,31-/m0/s1. The van der Waals surface area contributed by atoms with Crippen LogP contribution in [-0.4, -0.2) is 71.8 Å². The Balaban J connectivity index is 1.48. The van der Waals surface area contributed by atoms with Gasteiger partial charge in [-0.25, -0.2) is 4.79 Å². The third kappa shape index (κ3) is 9.31. The number of hydrogen-bond acceptors (Lipinski definition) is 5. The maximum absolute atomic E-state index is 13.4. The lowest BCUT2D eigenvalue weighted by molar-refractivity contribution is -0.127. The number of urea groups is 1. The van der Waals surface area contributed by atoms with Gasteiger partial charge >= 0.3 is 6.03 Å². The Labute approximate surface area is 260 Å². The minimum atomic E-state index is -0.984. The van der Waals surface area contributed by atoms with E-state index in [1.54, 1.807) is 6.92 Å². The summed E-state index contributed by atoms with van der Waals surface area (Å²) in [6, 6.07) is 23.2. The molecule has 4 rings (SSSR count). The van der Waals surface area contributed by atoms with Gasteiger partial charge in [-0.05, 0) is 68.7 Å². The minimum absolute atomic E-state index is 0.190. The second-order valence-corrected chi connectivity index (χ2v) is 11.5. The molecule has 1 saturated heterocycles. The predicted octanol–water partition coefficient (Wildman–Crippen LogP) is 3.69. The van der Waals surface area contributed by atoms with Crippen molar-refractivity contribution in [3.05, 3.63) is 101 Å². The summed E-state index contributed by atoms with van der Waals surface area (Å²) < 4.78 is 5.88. The Kier molecular flexibility index (Phi) is 11.8. The highest BCUT2D eigenvalue weighted by Crippen LogP contribution is 2.22. The smallest absolute Gasteiger partial charge is 0.318 e. The number of aryl methyl sites for hydroxylation is 2. The summed E-state index contributed by atoms with van der Waals surface area (Å²) >= 11 is 0. The molecule has 0 unspecified atom stereocenters. The molecule has 4 amide bonds. The average molecular weight is 601 g/mol. The van der Waals surface area contributed by atoms with Crippen molar-refractivity contribution >= 4 is 17.8 Å². The molecular weight excluding hydrogens is 556 g/mol. The van der Waals surface area contributed by atoms with Gasteiger partial charge in [-0.15, -0.1) is 0 Å². The Hall–Kier alpha value is -4.37. The van der Waals surface area contributed by atoms with E-state index in [1.807, 2.05) is 92.7 Å². The number of nitrogens with zero attached hydrogens (tertiary/aromatic N) is 1. The molecule has 44 heavy (non-hydrogen) atoms. The lowest BCUT2D eigenvalue weighted by atomic mass is 9.93. The highest BCUT2D eigenvalue weighted by molar-refractivity contribution is 5.87. The van der Waals surface area contributed by atoms with Gasteiger partial charge in [0.15, 0.2) is 6.61 Å². The van der Waals surface area contributed by atoms with Crippen LogP contribution >= 0.6 is 0 Å². The molecular formula is C35H44N4O5. The molecule has 0 radical (unpaired) electrons. The first kappa shape index (κ1) is 32.5. The zero-order valence-corrected chi connectivity index (χ0v) is 25.8. The van der Waals surface area contributed by atoms with Crippen LogP contribution < -0.4 is 20.7 Å². The zero-order valence-electron chi connectivity index (χ0n) is 25.8. The van der Waals surface area contributed by atoms with Crippen LogP contribution in [0.3, 0.4) is 0 Å². The largest absolute Gasteiger partial charge is 0.483 e.